The Kier molecular flexibility index (Phi) is 4.66. The van der Waals surface area contributed by atoms with Crippen LogP contribution in [-0.4, -0.2) is 25.1 Å². The van der Waals surface area contributed by atoms with E-state index in [2.05, 4.69) is 11.9 Å². The van der Waals surface area contributed by atoms with Crippen LogP contribution in [0, 0.1) is 17.0 Å². The Hall–Kier alpha value is -1.88. The number of rotatable bonds is 6. The monoisotopic (exact) mass is 236 g/mol. The molecule has 5 nitrogen and oxygen atoms in total. The van der Waals surface area contributed by atoms with Gasteiger partial charge in [0.15, 0.2) is 5.75 Å². The third-order valence-electron chi connectivity index (χ3n) is 2.17. The summed E-state index contributed by atoms with van der Waals surface area (Å²) in [5, 5.41) is 13.7. The molecule has 0 bridgehead atoms. The van der Waals surface area contributed by atoms with E-state index in [9.17, 15) is 10.1 Å². The van der Waals surface area contributed by atoms with Crippen molar-refractivity contribution in [1.82, 2.24) is 5.32 Å². The maximum Gasteiger partial charge on any atom is 0.310 e. The van der Waals surface area contributed by atoms with Crippen LogP contribution in [0.3, 0.4) is 0 Å². The number of hydrogen-bond acceptors (Lipinski definition) is 4. The van der Waals surface area contributed by atoms with Crippen LogP contribution in [0.1, 0.15) is 5.56 Å². The SMILES string of the molecule is C=C(CNC)COc1cc(C)ccc1[N+](=O)[O-]. The van der Waals surface area contributed by atoms with Crippen LogP contribution in [0.2, 0.25) is 0 Å². The summed E-state index contributed by atoms with van der Waals surface area (Å²) in [4.78, 5) is 10.3. The largest absolute Gasteiger partial charge is 0.482 e. The number of nitro groups is 1. The van der Waals surface area contributed by atoms with E-state index >= 15 is 0 Å². The highest BCUT2D eigenvalue weighted by Crippen LogP contribution is 2.27. The van der Waals surface area contributed by atoms with Crippen molar-refractivity contribution in [3.8, 4) is 5.75 Å². The average Bonchev–Trinajstić information content (AvgIpc) is 2.26. The number of benzene rings is 1. The molecule has 1 rings (SSSR count). The molecule has 1 N–H and O–H groups in total. The van der Waals surface area contributed by atoms with Gasteiger partial charge in [-0.15, -0.1) is 0 Å². The van der Waals surface area contributed by atoms with Gasteiger partial charge < -0.3 is 10.1 Å². The summed E-state index contributed by atoms with van der Waals surface area (Å²) < 4.78 is 5.41. The minimum Gasteiger partial charge on any atom is -0.482 e. The molecular weight excluding hydrogens is 220 g/mol. The summed E-state index contributed by atoms with van der Waals surface area (Å²) >= 11 is 0. The minimum absolute atomic E-state index is 0.0205. The summed E-state index contributed by atoms with van der Waals surface area (Å²) in [7, 11) is 1.81. The molecule has 0 amide bonds. The predicted molar refractivity (Wildman–Crippen MR) is 66.4 cm³/mol. The topological polar surface area (TPSA) is 64.4 Å². The zero-order valence-corrected chi connectivity index (χ0v) is 10.0. The Labute approximate surface area is 100 Å². The maximum atomic E-state index is 10.8. The number of likely N-dealkylation sites (N-methyl/N-ethyl adjacent to an activating group) is 1. The third-order valence-corrected chi connectivity index (χ3v) is 2.17. The van der Waals surface area contributed by atoms with Crippen LogP contribution in [0.5, 0.6) is 5.75 Å². The average molecular weight is 236 g/mol. The van der Waals surface area contributed by atoms with E-state index in [0.29, 0.717) is 6.54 Å². The highest BCUT2D eigenvalue weighted by Gasteiger charge is 2.14. The number of nitrogens with zero attached hydrogens (tertiary/aromatic N) is 1. The van der Waals surface area contributed by atoms with Gasteiger partial charge in [-0.05, 0) is 31.2 Å². The fraction of sp³-hybridized carbons (Fsp3) is 0.333. The van der Waals surface area contributed by atoms with Gasteiger partial charge in [-0.1, -0.05) is 12.6 Å². The fourth-order valence-corrected chi connectivity index (χ4v) is 1.37. The summed E-state index contributed by atoms with van der Waals surface area (Å²) in [6.07, 6.45) is 0. The van der Waals surface area contributed by atoms with Crippen molar-refractivity contribution in [1.29, 1.82) is 0 Å². The first-order valence-corrected chi connectivity index (χ1v) is 5.23. The highest BCUT2D eigenvalue weighted by atomic mass is 16.6. The molecule has 0 atom stereocenters. The van der Waals surface area contributed by atoms with E-state index in [-0.39, 0.29) is 18.0 Å². The van der Waals surface area contributed by atoms with Crippen molar-refractivity contribution in [2.24, 2.45) is 0 Å². The van der Waals surface area contributed by atoms with Gasteiger partial charge in [-0.25, -0.2) is 0 Å². The molecule has 0 aliphatic carbocycles. The van der Waals surface area contributed by atoms with Gasteiger partial charge in [-0.3, -0.25) is 10.1 Å². The molecule has 92 valence electrons. The molecule has 0 heterocycles. The Balaban J connectivity index is 2.78. The van der Waals surface area contributed by atoms with Crippen LogP contribution in [-0.2, 0) is 0 Å². The van der Waals surface area contributed by atoms with Crippen LogP contribution in [0.15, 0.2) is 30.4 Å². The van der Waals surface area contributed by atoms with Gasteiger partial charge >= 0.3 is 5.69 Å². The van der Waals surface area contributed by atoms with Crippen molar-refractivity contribution >= 4 is 5.69 Å². The van der Waals surface area contributed by atoms with E-state index < -0.39 is 4.92 Å². The van der Waals surface area contributed by atoms with Crippen molar-refractivity contribution in [3.05, 3.63) is 46.0 Å². The third kappa shape index (κ3) is 3.88. The number of nitro benzene ring substituents is 1. The first kappa shape index (κ1) is 13.2. The smallest absolute Gasteiger partial charge is 0.310 e. The normalized spacial score (nSPS) is 10.0. The second kappa shape index (κ2) is 6.00. The Morgan fingerprint density at radius 2 is 2.29 bits per heavy atom. The van der Waals surface area contributed by atoms with Gasteiger partial charge in [0.1, 0.15) is 6.61 Å². The van der Waals surface area contributed by atoms with Crippen molar-refractivity contribution < 1.29 is 9.66 Å². The number of hydrogen-bond donors (Lipinski definition) is 1. The van der Waals surface area contributed by atoms with E-state index in [0.717, 1.165) is 11.1 Å². The van der Waals surface area contributed by atoms with E-state index in [1.165, 1.54) is 6.07 Å². The zero-order chi connectivity index (χ0) is 12.8. The van der Waals surface area contributed by atoms with Crippen LogP contribution < -0.4 is 10.1 Å². The molecule has 0 saturated carbocycles. The van der Waals surface area contributed by atoms with Gasteiger partial charge in [0.25, 0.3) is 0 Å². The summed E-state index contributed by atoms with van der Waals surface area (Å²) in [6, 6.07) is 4.80. The van der Waals surface area contributed by atoms with Gasteiger partial charge in [0, 0.05) is 12.6 Å². The minimum atomic E-state index is -0.449. The molecule has 5 heteroatoms. The van der Waals surface area contributed by atoms with Crippen LogP contribution in [0.25, 0.3) is 0 Å². The number of ether oxygens (including phenoxy) is 1. The van der Waals surface area contributed by atoms with E-state index in [4.69, 9.17) is 4.74 Å². The molecule has 0 saturated heterocycles. The molecule has 1 aromatic rings. The Morgan fingerprint density at radius 3 is 2.88 bits per heavy atom. The summed E-state index contributed by atoms with van der Waals surface area (Å²) in [5.41, 5.74) is 1.74. The standard InChI is InChI=1S/C12H16N2O3/c1-9-4-5-11(14(15)16)12(6-9)17-8-10(2)7-13-3/h4-6,13H,2,7-8H2,1,3H3. The van der Waals surface area contributed by atoms with E-state index in [1.807, 2.05) is 6.92 Å². The second-order valence-corrected chi connectivity index (χ2v) is 3.80. The Bertz CT molecular complexity index is 430. The van der Waals surface area contributed by atoms with Gasteiger partial charge in [0.2, 0.25) is 0 Å². The molecular formula is C12H16N2O3. The molecule has 0 fully saturated rings. The molecule has 0 unspecified atom stereocenters. The second-order valence-electron chi connectivity index (χ2n) is 3.80. The lowest BCUT2D eigenvalue weighted by molar-refractivity contribution is -0.385. The lowest BCUT2D eigenvalue weighted by Gasteiger charge is -2.09. The number of nitrogens with one attached hydrogen (secondary N) is 1. The van der Waals surface area contributed by atoms with Crippen molar-refractivity contribution in [2.75, 3.05) is 20.2 Å². The quantitative estimate of drug-likeness (QED) is 0.466. The van der Waals surface area contributed by atoms with Crippen molar-refractivity contribution in [3.63, 3.8) is 0 Å². The number of aryl methyl sites for hydroxylation is 1. The lowest BCUT2D eigenvalue weighted by atomic mass is 10.2. The van der Waals surface area contributed by atoms with Gasteiger partial charge in [-0.2, -0.15) is 0 Å². The predicted octanol–water partition coefficient (Wildman–Crippen LogP) is 2.06. The molecule has 0 aromatic heterocycles. The highest BCUT2D eigenvalue weighted by molar-refractivity contribution is 5.48. The zero-order valence-electron chi connectivity index (χ0n) is 10.0. The van der Waals surface area contributed by atoms with E-state index in [1.54, 1.807) is 19.2 Å². The molecule has 0 aliphatic heterocycles. The molecule has 0 radical (unpaired) electrons. The molecule has 0 spiro atoms. The van der Waals surface area contributed by atoms with Gasteiger partial charge in [0.05, 0.1) is 4.92 Å². The maximum absolute atomic E-state index is 10.8. The van der Waals surface area contributed by atoms with Crippen LogP contribution >= 0.6 is 0 Å². The lowest BCUT2D eigenvalue weighted by Crippen LogP contribution is -2.14. The molecule has 1 aromatic carbocycles. The first-order chi connectivity index (χ1) is 8.04. The Morgan fingerprint density at radius 1 is 1.59 bits per heavy atom. The molecule has 17 heavy (non-hydrogen) atoms. The van der Waals surface area contributed by atoms with Crippen molar-refractivity contribution in [2.45, 2.75) is 6.92 Å². The summed E-state index contributed by atoms with van der Waals surface area (Å²) in [5.74, 6) is 0.284. The summed E-state index contributed by atoms with van der Waals surface area (Å²) in [6.45, 7) is 6.55. The molecule has 0 aliphatic rings. The van der Waals surface area contributed by atoms with Crippen LogP contribution in [0.4, 0.5) is 5.69 Å². The first-order valence-electron chi connectivity index (χ1n) is 5.23. The fourth-order valence-electron chi connectivity index (χ4n) is 1.37.